The summed E-state index contributed by atoms with van der Waals surface area (Å²) in [4.78, 5) is 0. The minimum atomic E-state index is -5.82. The van der Waals surface area contributed by atoms with E-state index in [-0.39, 0.29) is 0 Å². The van der Waals surface area contributed by atoms with E-state index in [9.17, 15) is 30.7 Å². The van der Waals surface area contributed by atoms with Crippen molar-refractivity contribution in [3.8, 4) is 0 Å². The van der Waals surface area contributed by atoms with Gasteiger partial charge in [-0.25, -0.2) is 17.6 Å². The maximum absolute atomic E-state index is 13.3. The van der Waals surface area contributed by atoms with Crippen LogP contribution in [-0.4, -0.2) is 31.2 Å². The van der Waals surface area contributed by atoms with E-state index in [0.717, 1.165) is 6.92 Å². The molecule has 0 bridgehead atoms. The second-order valence-electron chi connectivity index (χ2n) is 2.77. The molecule has 0 aromatic carbocycles. The summed E-state index contributed by atoms with van der Waals surface area (Å²) in [5, 5.41) is 0. The van der Waals surface area contributed by atoms with Crippen LogP contribution in [-0.2, 0) is 4.74 Å². The molecular weight excluding hydrogens is 233 g/mol. The van der Waals surface area contributed by atoms with Gasteiger partial charge in [0.15, 0.2) is 6.86 Å². The summed E-state index contributed by atoms with van der Waals surface area (Å²) in [6.45, 7) is -3.88. The molecule has 92 valence electrons. The Labute approximate surface area is 81.2 Å². The molecule has 0 heterocycles. The van der Waals surface area contributed by atoms with Crippen LogP contribution in [0, 0.1) is 0 Å². The molecule has 0 aliphatic rings. The smallest absolute Gasteiger partial charge is 0.311 e. The second kappa shape index (κ2) is 4.54. The Morgan fingerprint density at radius 3 is 1.67 bits per heavy atom. The van der Waals surface area contributed by atoms with Crippen LogP contribution < -0.4 is 0 Å². The molecule has 8 heteroatoms. The van der Waals surface area contributed by atoms with Crippen LogP contribution in [0.1, 0.15) is 13.3 Å². The Morgan fingerprint density at radius 1 is 1.00 bits per heavy atom. The molecule has 0 aromatic heterocycles. The predicted octanol–water partition coefficient (Wildman–Crippen LogP) is 3.25. The summed E-state index contributed by atoms with van der Waals surface area (Å²) < 4.78 is 89.5. The van der Waals surface area contributed by atoms with E-state index in [0.29, 0.717) is 0 Å². The van der Waals surface area contributed by atoms with Crippen molar-refractivity contribution in [3.05, 3.63) is 0 Å². The van der Waals surface area contributed by atoms with Gasteiger partial charge in [-0.15, -0.1) is 0 Å². The largest absolute Gasteiger partial charge is 0.430 e. The summed E-state index contributed by atoms with van der Waals surface area (Å²) in [7, 11) is 0. The first-order valence-electron chi connectivity index (χ1n) is 3.89. The zero-order chi connectivity index (χ0) is 12.3. The number of alkyl halides is 7. The second-order valence-corrected chi connectivity index (χ2v) is 2.77. The van der Waals surface area contributed by atoms with Crippen molar-refractivity contribution in [2.24, 2.45) is 0 Å². The fourth-order valence-corrected chi connectivity index (χ4v) is 0.970. The van der Waals surface area contributed by atoms with Crippen LogP contribution in [0.5, 0.6) is 0 Å². The van der Waals surface area contributed by atoms with Crippen molar-refractivity contribution in [2.45, 2.75) is 31.0 Å². The van der Waals surface area contributed by atoms with E-state index in [2.05, 4.69) is 4.74 Å². The topological polar surface area (TPSA) is 9.23 Å². The summed E-state index contributed by atoms with van der Waals surface area (Å²) in [5.41, 5.74) is -4.86. The van der Waals surface area contributed by atoms with E-state index in [1.165, 1.54) is 0 Å². The van der Waals surface area contributed by atoms with E-state index in [1.807, 2.05) is 0 Å². The first-order chi connectivity index (χ1) is 6.68. The average molecular weight is 242 g/mol. The number of hydrogen-bond donors (Lipinski definition) is 0. The molecule has 15 heavy (non-hydrogen) atoms. The van der Waals surface area contributed by atoms with Gasteiger partial charge in [0.05, 0.1) is 0 Å². The van der Waals surface area contributed by atoms with Crippen LogP contribution in [0.2, 0.25) is 0 Å². The molecule has 0 N–H and O–H groups in total. The Balaban J connectivity index is 5.23. The summed E-state index contributed by atoms with van der Waals surface area (Å²) in [6, 6.07) is 0. The van der Waals surface area contributed by atoms with Crippen LogP contribution in [0.4, 0.5) is 30.7 Å². The highest BCUT2D eigenvalue weighted by atomic mass is 19.4. The minimum Gasteiger partial charge on any atom is -0.311 e. The van der Waals surface area contributed by atoms with Gasteiger partial charge < -0.3 is 4.74 Å². The molecule has 0 saturated heterocycles. The third-order valence-corrected chi connectivity index (χ3v) is 1.96. The molecule has 0 fully saturated rings. The van der Waals surface area contributed by atoms with Gasteiger partial charge in [0.2, 0.25) is 0 Å². The highest BCUT2D eigenvalue weighted by Crippen LogP contribution is 2.46. The van der Waals surface area contributed by atoms with Gasteiger partial charge in [0, 0.05) is 6.42 Å². The third kappa shape index (κ3) is 2.35. The van der Waals surface area contributed by atoms with Gasteiger partial charge in [-0.2, -0.15) is 13.2 Å². The van der Waals surface area contributed by atoms with Crippen LogP contribution >= 0.6 is 0 Å². The van der Waals surface area contributed by atoms with E-state index in [1.54, 1.807) is 0 Å². The summed E-state index contributed by atoms with van der Waals surface area (Å²) >= 11 is 0. The maximum Gasteiger partial charge on any atom is 0.430 e. The highest BCUT2D eigenvalue weighted by molar-refractivity contribution is 4.99. The van der Waals surface area contributed by atoms with Crippen molar-refractivity contribution >= 4 is 0 Å². The van der Waals surface area contributed by atoms with Crippen LogP contribution in [0.3, 0.4) is 0 Å². The molecule has 0 amide bonds. The van der Waals surface area contributed by atoms with Gasteiger partial charge in [-0.3, -0.25) is 0 Å². The standard InChI is InChI=1S/C7H9F7O/c1-2-6(11,15-4-9)5(10,3-8)7(12,13)14/h2-4H2,1H3. The maximum atomic E-state index is 13.3. The molecule has 0 aliphatic carbocycles. The molecular formula is C7H9F7O. The first-order valence-corrected chi connectivity index (χ1v) is 3.89. The normalized spacial score (nSPS) is 20.8. The van der Waals surface area contributed by atoms with Gasteiger partial charge in [0.1, 0.15) is 6.67 Å². The Hall–Kier alpha value is -0.530. The van der Waals surface area contributed by atoms with Crippen LogP contribution in [0.15, 0.2) is 0 Å². The lowest BCUT2D eigenvalue weighted by Gasteiger charge is -2.36. The van der Waals surface area contributed by atoms with Gasteiger partial charge in [-0.05, 0) is 0 Å². The Bertz CT molecular complexity index is 206. The van der Waals surface area contributed by atoms with Crippen molar-refractivity contribution < 1.29 is 35.5 Å². The van der Waals surface area contributed by atoms with Crippen molar-refractivity contribution in [1.29, 1.82) is 0 Å². The molecule has 0 aromatic rings. The number of halogens is 7. The number of rotatable bonds is 5. The first kappa shape index (κ1) is 14.5. The zero-order valence-electron chi connectivity index (χ0n) is 7.68. The average Bonchev–Trinajstić information content (AvgIpc) is 2.14. The Kier molecular flexibility index (Phi) is 4.38. The lowest BCUT2D eigenvalue weighted by Crippen LogP contribution is -2.60. The molecule has 2 atom stereocenters. The van der Waals surface area contributed by atoms with Crippen molar-refractivity contribution in [2.75, 3.05) is 13.5 Å². The molecule has 0 spiro atoms. The SMILES string of the molecule is CCC(F)(OCF)C(F)(CF)C(F)(F)F. The third-order valence-electron chi connectivity index (χ3n) is 1.96. The fourth-order valence-electron chi connectivity index (χ4n) is 0.970. The molecule has 1 nitrogen and oxygen atoms in total. The van der Waals surface area contributed by atoms with Gasteiger partial charge >= 0.3 is 6.18 Å². The predicted molar refractivity (Wildman–Crippen MR) is 37.1 cm³/mol. The van der Waals surface area contributed by atoms with Crippen molar-refractivity contribution in [3.63, 3.8) is 0 Å². The van der Waals surface area contributed by atoms with E-state index >= 15 is 0 Å². The quantitative estimate of drug-likeness (QED) is 0.672. The molecule has 0 saturated carbocycles. The van der Waals surface area contributed by atoms with Crippen molar-refractivity contribution in [1.82, 2.24) is 0 Å². The monoisotopic (exact) mass is 242 g/mol. The zero-order valence-corrected chi connectivity index (χ0v) is 7.68. The van der Waals surface area contributed by atoms with E-state index < -0.39 is 37.7 Å². The highest BCUT2D eigenvalue weighted by Gasteiger charge is 2.70. The van der Waals surface area contributed by atoms with E-state index in [4.69, 9.17) is 0 Å². The molecule has 0 radical (unpaired) electrons. The minimum absolute atomic E-state index is 0.783. The number of hydrogen-bond acceptors (Lipinski definition) is 1. The summed E-state index contributed by atoms with van der Waals surface area (Å²) in [6.07, 6.45) is -6.99. The molecule has 0 rings (SSSR count). The van der Waals surface area contributed by atoms with Crippen LogP contribution in [0.25, 0.3) is 0 Å². The van der Waals surface area contributed by atoms with Gasteiger partial charge in [-0.1, -0.05) is 6.92 Å². The summed E-state index contributed by atoms with van der Waals surface area (Å²) in [5.74, 6) is -4.06. The molecule has 0 aliphatic heterocycles. The van der Waals surface area contributed by atoms with Gasteiger partial charge in [0.25, 0.3) is 11.5 Å². The number of ether oxygens (including phenoxy) is 1. The fraction of sp³-hybridized carbons (Fsp3) is 1.00. The Morgan fingerprint density at radius 2 is 1.47 bits per heavy atom. The lowest BCUT2D eigenvalue weighted by atomic mass is 9.94. The lowest BCUT2D eigenvalue weighted by molar-refractivity contribution is -0.345. The molecule has 2 unspecified atom stereocenters.